The summed E-state index contributed by atoms with van der Waals surface area (Å²) in [6, 6.07) is 6.24. The van der Waals surface area contributed by atoms with E-state index in [9.17, 15) is 4.39 Å². The van der Waals surface area contributed by atoms with Crippen LogP contribution in [0.25, 0.3) is 10.9 Å². The number of rotatable bonds is 5. The summed E-state index contributed by atoms with van der Waals surface area (Å²) in [6.07, 6.45) is 7.93. The van der Waals surface area contributed by atoms with Gasteiger partial charge in [0.2, 0.25) is 0 Å². The fraction of sp³-hybridized carbons (Fsp3) is 0.550. The van der Waals surface area contributed by atoms with E-state index >= 15 is 0 Å². The molecule has 1 saturated carbocycles. The highest BCUT2D eigenvalue weighted by Gasteiger charge is 2.31. The number of hydrogen-bond acceptors (Lipinski definition) is 2. The van der Waals surface area contributed by atoms with Crippen LogP contribution in [0.1, 0.15) is 31.2 Å². The van der Waals surface area contributed by atoms with E-state index in [4.69, 9.17) is 0 Å². The number of aromatic amines is 1. The molecule has 1 aliphatic heterocycles. The molecule has 2 aliphatic rings. The Balaban J connectivity index is 0.00000210. The van der Waals surface area contributed by atoms with Gasteiger partial charge in [-0.15, -0.1) is 24.0 Å². The van der Waals surface area contributed by atoms with Gasteiger partial charge in [-0.25, -0.2) is 4.39 Å². The number of hydrogen-bond donors (Lipinski definition) is 3. The van der Waals surface area contributed by atoms with E-state index in [2.05, 4.69) is 25.5 Å². The SMILES string of the molecule is CN=C(NCCc1c[nH]c2ccc(F)cc12)NC1CCN(C2CC2)CC1.I. The summed E-state index contributed by atoms with van der Waals surface area (Å²) in [5.41, 5.74) is 2.10. The van der Waals surface area contributed by atoms with E-state index < -0.39 is 0 Å². The van der Waals surface area contributed by atoms with Gasteiger partial charge >= 0.3 is 0 Å². The number of aliphatic imine (C=N–C) groups is 1. The lowest BCUT2D eigenvalue weighted by Crippen LogP contribution is -2.49. The number of halogens is 2. The zero-order valence-corrected chi connectivity index (χ0v) is 18.1. The Morgan fingerprint density at radius 1 is 1.26 bits per heavy atom. The van der Waals surface area contributed by atoms with Crippen molar-refractivity contribution in [3.63, 3.8) is 0 Å². The molecule has 0 radical (unpaired) electrons. The van der Waals surface area contributed by atoms with Gasteiger partial charge in [-0.3, -0.25) is 4.99 Å². The molecule has 2 fully saturated rings. The van der Waals surface area contributed by atoms with E-state index in [1.807, 2.05) is 13.2 Å². The van der Waals surface area contributed by atoms with Crippen LogP contribution in [0.5, 0.6) is 0 Å². The summed E-state index contributed by atoms with van der Waals surface area (Å²) in [5.74, 6) is 0.669. The van der Waals surface area contributed by atoms with Gasteiger partial charge in [0.05, 0.1) is 0 Å². The predicted octanol–water partition coefficient (Wildman–Crippen LogP) is 3.26. The van der Waals surface area contributed by atoms with Crippen LogP contribution in [0.2, 0.25) is 0 Å². The number of nitrogens with one attached hydrogen (secondary N) is 3. The van der Waals surface area contributed by atoms with Crippen LogP contribution in [0.15, 0.2) is 29.4 Å². The molecule has 5 nitrogen and oxygen atoms in total. The van der Waals surface area contributed by atoms with Crippen LogP contribution in [-0.2, 0) is 6.42 Å². The Morgan fingerprint density at radius 3 is 2.74 bits per heavy atom. The number of benzene rings is 1. The van der Waals surface area contributed by atoms with Crippen molar-refractivity contribution in [1.82, 2.24) is 20.5 Å². The first-order chi connectivity index (χ1) is 12.7. The third-order valence-electron chi connectivity index (χ3n) is 5.57. The van der Waals surface area contributed by atoms with Crippen molar-refractivity contribution in [3.05, 3.63) is 35.8 Å². The van der Waals surface area contributed by atoms with E-state index in [1.54, 1.807) is 12.1 Å². The number of aromatic nitrogens is 1. The average Bonchev–Trinajstić information content (AvgIpc) is 3.43. The minimum Gasteiger partial charge on any atom is -0.361 e. The number of guanidine groups is 1. The first-order valence-electron chi connectivity index (χ1n) is 9.69. The lowest BCUT2D eigenvalue weighted by molar-refractivity contribution is 0.197. The molecule has 7 heteroatoms. The van der Waals surface area contributed by atoms with E-state index in [1.165, 1.54) is 44.8 Å². The Labute approximate surface area is 177 Å². The van der Waals surface area contributed by atoms with E-state index in [-0.39, 0.29) is 29.8 Å². The van der Waals surface area contributed by atoms with E-state index in [0.29, 0.717) is 6.04 Å². The Kier molecular flexibility index (Phi) is 6.97. The topological polar surface area (TPSA) is 55.5 Å². The van der Waals surface area contributed by atoms with Crippen molar-refractivity contribution in [3.8, 4) is 0 Å². The monoisotopic (exact) mass is 485 g/mol. The highest BCUT2D eigenvalue weighted by Crippen LogP contribution is 2.29. The molecule has 1 aromatic carbocycles. The maximum Gasteiger partial charge on any atom is 0.191 e. The molecule has 1 aromatic heterocycles. The molecule has 2 aromatic rings. The van der Waals surface area contributed by atoms with Crippen LogP contribution < -0.4 is 10.6 Å². The molecule has 0 unspecified atom stereocenters. The number of fused-ring (bicyclic) bond motifs is 1. The molecule has 0 spiro atoms. The number of nitrogens with zero attached hydrogens (tertiary/aromatic N) is 2. The molecule has 0 atom stereocenters. The Morgan fingerprint density at radius 2 is 2.04 bits per heavy atom. The Bertz CT molecular complexity index is 778. The normalized spacial score (nSPS) is 19.1. The van der Waals surface area contributed by atoms with Crippen molar-refractivity contribution >= 4 is 40.8 Å². The molecule has 0 amide bonds. The van der Waals surface area contributed by atoms with Crippen molar-refractivity contribution < 1.29 is 4.39 Å². The van der Waals surface area contributed by atoms with Crippen LogP contribution in [0, 0.1) is 5.82 Å². The number of piperidine rings is 1. The second-order valence-electron chi connectivity index (χ2n) is 7.44. The maximum atomic E-state index is 13.5. The fourth-order valence-corrected chi connectivity index (χ4v) is 3.91. The summed E-state index contributed by atoms with van der Waals surface area (Å²) in [7, 11) is 1.82. The molecule has 1 aliphatic carbocycles. The number of H-pyrrole nitrogens is 1. The molecule has 3 N–H and O–H groups in total. The highest BCUT2D eigenvalue weighted by atomic mass is 127. The molecular weight excluding hydrogens is 456 g/mol. The zero-order valence-electron chi connectivity index (χ0n) is 15.8. The third-order valence-corrected chi connectivity index (χ3v) is 5.57. The van der Waals surface area contributed by atoms with Gasteiger partial charge in [-0.2, -0.15) is 0 Å². The van der Waals surface area contributed by atoms with Gasteiger partial charge in [-0.1, -0.05) is 0 Å². The van der Waals surface area contributed by atoms with Crippen molar-refractivity contribution in [2.75, 3.05) is 26.7 Å². The van der Waals surface area contributed by atoms with Crippen molar-refractivity contribution in [1.29, 1.82) is 0 Å². The van der Waals surface area contributed by atoms with Gasteiger partial charge in [0.15, 0.2) is 5.96 Å². The molecule has 148 valence electrons. The average molecular weight is 485 g/mol. The second kappa shape index (κ2) is 9.23. The predicted molar refractivity (Wildman–Crippen MR) is 119 cm³/mol. The van der Waals surface area contributed by atoms with Gasteiger partial charge < -0.3 is 20.5 Å². The standard InChI is InChI=1S/C20H28FN5.HI/c1-22-20(25-16-7-10-26(11-8-16)17-3-4-17)23-9-6-14-13-24-19-5-2-15(21)12-18(14)19;/h2,5,12-13,16-17,24H,3-4,6-11H2,1H3,(H2,22,23,25);1H. The fourth-order valence-electron chi connectivity index (χ4n) is 3.91. The first-order valence-corrected chi connectivity index (χ1v) is 9.69. The van der Waals surface area contributed by atoms with E-state index in [0.717, 1.165) is 41.4 Å². The van der Waals surface area contributed by atoms with Gasteiger partial charge in [-0.05, 0) is 55.9 Å². The molecule has 2 heterocycles. The zero-order chi connectivity index (χ0) is 17.9. The second-order valence-corrected chi connectivity index (χ2v) is 7.44. The van der Waals surface area contributed by atoms with Crippen LogP contribution in [0.4, 0.5) is 4.39 Å². The smallest absolute Gasteiger partial charge is 0.191 e. The van der Waals surface area contributed by atoms with Crippen LogP contribution >= 0.6 is 24.0 Å². The summed E-state index contributed by atoms with van der Waals surface area (Å²) in [4.78, 5) is 10.2. The molecule has 1 saturated heterocycles. The maximum absolute atomic E-state index is 13.5. The summed E-state index contributed by atoms with van der Waals surface area (Å²) in [6.45, 7) is 3.16. The largest absolute Gasteiger partial charge is 0.361 e. The highest BCUT2D eigenvalue weighted by molar-refractivity contribution is 14.0. The lowest BCUT2D eigenvalue weighted by Gasteiger charge is -2.33. The first kappa shape index (κ1) is 20.4. The lowest BCUT2D eigenvalue weighted by atomic mass is 10.1. The van der Waals surface area contributed by atoms with Gasteiger partial charge in [0, 0.05) is 55.9 Å². The van der Waals surface area contributed by atoms with Gasteiger partial charge in [0.25, 0.3) is 0 Å². The summed E-state index contributed by atoms with van der Waals surface area (Å²) < 4.78 is 13.5. The molecule has 27 heavy (non-hydrogen) atoms. The molecule has 0 bridgehead atoms. The minimum absolute atomic E-state index is 0. The van der Waals surface area contributed by atoms with Crippen molar-refractivity contribution in [2.45, 2.75) is 44.2 Å². The van der Waals surface area contributed by atoms with Crippen molar-refractivity contribution in [2.24, 2.45) is 4.99 Å². The minimum atomic E-state index is -0.193. The van der Waals surface area contributed by atoms with Gasteiger partial charge in [0.1, 0.15) is 5.82 Å². The summed E-state index contributed by atoms with van der Waals surface area (Å²) >= 11 is 0. The quantitative estimate of drug-likeness (QED) is 0.346. The third kappa shape index (κ3) is 5.13. The van der Waals surface area contributed by atoms with Crippen LogP contribution in [0.3, 0.4) is 0 Å². The molecular formula is C20H29FIN5. The summed E-state index contributed by atoms with van der Waals surface area (Å²) in [5, 5.41) is 7.91. The Hall–Kier alpha value is -1.35. The molecule has 4 rings (SSSR count). The van der Waals surface area contributed by atoms with Crippen LogP contribution in [-0.4, -0.2) is 54.6 Å². The number of likely N-dealkylation sites (tertiary alicyclic amines) is 1.